The van der Waals surface area contributed by atoms with Crippen molar-refractivity contribution < 1.29 is 14.1 Å². The van der Waals surface area contributed by atoms with E-state index < -0.39 is 11.8 Å². The van der Waals surface area contributed by atoms with Gasteiger partial charge in [-0.25, -0.2) is 0 Å². The van der Waals surface area contributed by atoms with Crippen molar-refractivity contribution in [2.75, 3.05) is 50.0 Å². The van der Waals surface area contributed by atoms with Gasteiger partial charge in [0.25, 0.3) is 0 Å². The van der Waals surface area contributed by atoms with E-state index in [9.17, 15) is 9.59 Å². The highest BCUT2D eigenvalue weighted by molar-refractivity contribution is 6.39. The number of carbonyl (C=O) groups is 2. The van der Waals surface area contributed by atoms with Crippen LogP contribution in [0.25, 0.3) is 0 Å². The quantitative estimate of drug-likeness (QED) is 0.584. The number of carbonyl (C=O) groups excluding carboxylic acids is 2. The number of benzene rings is 1. The molecule has 2 amide bonds. The summed E-state index contributed by atoms with van der Waals surface area (Å²) in [7, 11) is 2.15. The zero-order valence-corrected chi connectivity index (χ0v) is 15.5. The molecule has 1 fully saturated rings. The monoisotopic (exact) mass is 371 g/mol. The lowest BCUT2D eigenvalue weighted by Gasteiger charge is -2.34. The van der Waals surface area contributed by atoms with Gasteiger partial charge in [-0.2, -0.15) is 0 Å². The molecule has 27 heavy (non-hydrogen) atoms. The van der Waals surface area contributed by atoms with Crippen LogP contribution in [-0.2, 0) is 16.0 Å². The Balaban J connectivity index is 1.36. The van der Waals surface area contributed by atoms with E-state index in [1.54, 1.807) is 0 Å². The van der Waals surface area contributed by atoms with E-state index in [1.807, 2.05) is 0 Å². The van der Waals surface area contributed by atoms with Crippen molar-refractivity contribution in [3.05, 3.63) is 42.2 Å². The maximum Gasteiger partial charge on any atom is 0.314 e. The first kappa shape index (κ1) is 18.9. The van der Waals surface area contributed by atoms with Gasteiger partial charge in [-0.15, -0.1) is 0 Å². The molecule has 1 aliphatic rings. The van der Waals surface area contributed by atoms with Crippen LogP contribution in [0.3, 0.4) is 0 Å². The summed E-state index contributed by atoms with van der Waals surface area (Å²) >= 11 is 0. The molecule has 0 bridgehead atoms. The van der Waals surface area contributed by atoms with Crippen LogP contribution in [0.2, 0.25) is 0 Å². The van der Waals surface area contributed by atoms with Gasteiger partial charge in [0.2, 0.25) is 0 Å². The summed E-state index contributed by atoms with van der Waals surface area (Å²) in [6.45, 7) is 4.72. The molecule has 0 aliphatic carbocycles. The minimum Gasteiger partial charge on any atom is -0.369 e. The summed E-state index contributed by atoms with van der Waals surface area (Å²) < 4.78 is 4.59. The average molecular weight is 371 g/mol. The summed E-state index contributed by atoms with van der Waals surface area (Å²) in [4.78, 5) is 28.1. The van der Waals surface area contributed by atoms with Gasteiger partial charge in [0.05, 0.1) is 0 Å². The van der Waals surface area contributed by atoms with Gasteiger partial charge in [-0.05, 0) is 37.6 Å². The third-order valence-corrected chi connectivity index (χ3v) is 4.62. The van der Waals surface area contributed by atoms with Crippen LogP contribution < -0.4 is 15.5 Å². The summed E-state index contributed by atoms with van der Waals surface area (Å²) in [5.74, 6) is -1.21. The Morgan fingerprint density at radius 2 is 1.81 bits per heavy atom. The number of anilines is 2. The van der Waals surface area contributed by atoms with Gasteiger partial charge in [-0.1, -0.05) is 17.3 Å². The second-order valence-electron chi connectivity index (χ2n) is 6.66. The first-order chi connectivity index (χ1) is 13.1. The maximum atomic E-state index is 11.7. The largest absolute Gasteiger partial charge is 0.369 e. The summed E-state index contributed by atoms with van der Waals surface area (Å²) in [6.07, 6.45) is 2.92. The molecule has 1 aliphatic heterocycles. The van der Waals surface area contributed by atoms with Crippen LogP contribution in [0.1, 0.15) is 12.0 Å². The van der Waals surface area contributed by atoms with Gasteiger partial charge in [0.15, 0.2) is 5.82 Å². The minimum absolute atomic E-state index is 0.218. The SMILES string of the molecule is CN1CCN(c2ccc(CCCNC(=O)C(=O)Nc3ccon3)cc2)CC1. The molecule has 8 nitrogen and oxygen atoms in total. The highest BCUT2D eigenvalue weighted by atomic mass is 16.5. The second-order valence-corrected chi connectivity index (χ2v) is 6.66. The molecule has 0 unspecified atom stereocenters. The molecule has 2 aromatic rings. The molecule has 1 aromatic heterocycles. The van der Waals surface area contributed by atoms with Crippen LogP contribution in [-0.4, -0.2) is 61.6 Å². The molecule has 0 radical (unpaired) electrons. The molecule has 0 spiro atoms. The number of rotatable bonds is 6. The Kier molecular flexibility index (Phi) is 6.43. The number of aryl methyl sites for hydroxylation is 1. The van der Waals surface area contributed by atoms with Crippen LogP contribution in [0.4, 0.5) is 11.5 Å². The molecule has 144 valence electrons. The zero-order valence-electron chi connectivity index (χ0n) is 15.5. The average Bonchev–Trinajstić information content (AvgIpc) is 3.19. The number of hydrogen-bond donors (Lipinski definition) is 2. The molecule has 0 atom stereocenters. The van der Waals surface area contributed by atoms with E-state index in [1.165, 1.54) is 23.6 Å². The Labute approximate surface area is 158 Å². The van der Waals surface area contributed by atoms with E-state index in [-0.39, 0.29) is 5.82 Å². The number of aromatic nitrogens is 1. The van der Waals surface area contributed by atoms with Crippen molar-refractivity contribution in [1.29, 1.82) is 0 Å². The van der Waals surface area contributed by atoms with E-state index in [2.05, 4.69) is 61.4 Å². The van der Waals surface area contributed by atoms with Crippen LogP contribution >= 0.6 is 0 Å². The minimum atomic E-state index is -0.750. The van der Waals surface area contributed by atoms with Crippen molar-refractivity contribution in [3.8, 4) is 0 Å². The highest BCUT2D eigenvalue weighted by Crippen LogP contribution is 2.17. The van der Waals surface area contributed by atoms with Gasteiger partial charge < -0.3 is 19.6 Å². The van der Waals surface area contributed by atoms with E-state index in [0.717, 1.165) is 39.0 Å². The highest BCUT2D eigenvalue weighted by Gasteiger charge is 2.15. The number of likely N-dealkylation sites (N-methyl/N-ethyl adjacent to an activating group) is 1. The smallest absolute Gasteiger partial charge is 0.314 e. The van der Waals surface area contributed by atoms with Crippen LogP contribution in [0.15, 0.2) is 41.1 Å². The number of hydrogen-bond acceptors (Lipinski definition) is 6. The van der Waals surface area contributed by atoms with Crippen molar-refractivity contribution in [3.63, 3.8) is 0 Å². The fraction of sp³-hybridized carbons (Fsp3) is 0.421. The first-order valence-corrected chi connectivity index (χ1v) is 9.14. The standard InChI is InChI=1S/C19H25N5O3/c1-23-10-12-24(13-11-23)16-6-4-15(5-7-16)3-2-9-20-18(25)19(26)21-17-8-14-27-22-17/h4-8,14H,2-3,9-13H2,1H3,(H,20,25)(H,21,22,26). The maximum absolute atomic E-state index is 11.7. The fourth-order valence-corrected chi connectivity index (χ4v) is 2.96. The first-order valence-electron chi connectivity index (χ1n) is 9.14. The van der Waals surface area contributed by atoms with E-state index >= 15 is 0 Å². The number of amides is 2. The Bertz CT molecular complexity index is 737. The van der Waals surface area contributed by atoms with Crippen LogP contribution in [0, 0.1) is 0 Å². The molecule has 1 saturated heterocycles. The van der Waals surface area contributed by atoms with Crippen LogP contribution in [0.5, 0.6) is 0 Å². The third-order valence-electron chi connectivity index (χ3n) is 4.62. The Hall–Kier alpha value is -2.87. The zero-order chi connectivity index (χ0) is 19.1. The molecule has 1 aromatic carbocycles. The van der Waals surface area contributed by atoms with Gasteiger partial charge in [0, 0.05) is 44.5 Å². The molecule has 3 rings (SSSR count). The van der Waals surface area contributed by atoms with Crippen molar-refractivity contribution in [2.45, 2.75) is 12.8 Å². The van der Waals surface area contributed by atoms with Crippen molar-refractivity contribution in [2.24, 2.45) is 0 Å². The van der Waals surface area contributed by atoms with Gasteiger partial charge in [-0.3, -0.25) is 14.9 Å². The summed E-state index contributed by atoms with van der Waals surface area (Å²) in [5, 5.41) is 8.49. The number of nitrogens with zero attached hydrogens (tertiary/aromatic N) is 3. The van der Waals surface area contributed by atoms with Gasteiger partial charge in [0.1, 0.15) is 6.26 Å². The lowest BCUT2D eigenvalue weighted by Crippen LogP contribution is -2.44. The predicted molar refractivity (Wildman–Crippen MR) is 103 cm³/mol. The van der Waals surface area contributed by atoms with Gasteiger partial charge >= 0.3 is 11.8 Å². The summed E-state index contributed by atoms with van der Waals surface area (Å²) in [6, 6.07) is 10.0. The predicted octanol–water partition coefficient (Wildman–Crippen LogP) is 1.11. The van der Waals surface area contributed by atoms with Crippen molar-refractivity contribution in [1.82, 2.24) is 15.4 Å². The molecular formula is C19H25N5O3. The Morgan fingerprint density at radius 3 is 2.48 bits per heavy atom. The molecular weight excluding hydrogens is 346 g/mol. The number of piperazine rings is 1. The van der Waals surface area contributed by atoms with Crippen molar-refractivity contribution >= 4 is 23.3 Å². The topological polar surface area (TPSA) is 90.7 Å². The number of nitrogens with one attached hydrogen (secondary N) is 2. The molecule has 0 saturated carbocycles. The molecule has 2 N–H and O–H groups in total. The Morgan fingerprint density at radius 1 is 1.07 bits per heavy atom. The molecule has 2 heterocycles. The lowest BCUT2D eigenvalue weighted by atomic mass is 10.1. The normalized spacial score (nSPS) is 14.8. The summed E-state index contributed by atoms with van der Waals surface area (Å²) in [5.41, 5.74) is 2.47. The molecule has 8 heteroatoms. The lowest BCUT2D eigenvalue weighted by molar-refractivity contribution is -0.136. The fourth-order valence-electron chi connectivity index (χ4n) is 2.96. The van der Waals surface area contributed by atoms with E-state index in [0.29, 0.717) is 6.54 Å². The van der Waals surface area contributed by atoms with E-state index in [4.69, 9.17) is 0 Å². The second kappa shape index (κ2) is 9.18. The third kappa shape index (κ3) is 5.55.